The fourth-order valence-corrected chi connectivity index (χ4v) is 4.83. The zero-order valence-corrected chi connectivity index (χ0v) is 19.4. The summed E-state index contributed by atoms with van der Waals surface area (Å²) in [4.78, 5) is 25.1. The van der Waals surface area contributed by atoms with Crippen LogP contribution in [0.1, 0.15) is 30.0 Å². The van der Waals surface area contributed by atoms with Crippen LogP contribution in [0, 0.1) is 0 Å². The molecule has 0 saturated heterocycles. The number of carbonyl (C=O) groups is 2. The highest BCUT2D eigenvalue weighted by atomic mass is 32.2. The first-order chi connectivity index (χ1) is 15.0. The Balaban J connectivity index is 1.77. The third-order valence-electron chi connectivity index (χ3n) is 4.59. The number of amides is 1. The van der Waals surface area contributed by atoms with Gasteiger partial charge in [0, 0.05) is 23.9 Å². The van der Waals surface area contributed by atoms with Crippen LogP contribution in [0.15, 0.2) is 34.8 Å². The van der Waals surface area contributed by atoms with Crippen LogP contribution in [-0.2, 0) is 22.5 Å². The summed E-state index contributed by atoms with van der Waals surface area (Å²) in [6.07, 6.45) is 0.777. The number of nitrogens with one attached hydrogen (secondary N) is 1. The van der Waals surface area contributed by atoms with Crippen LogP contribution in [-0.4, -0.2) is 46.6 Å². The molecule has 0 aliphatic rings. The minimum Gasteiger partial charge on any atom is -0.497 e. The zero-order valence-electron chi connectivity index (χ0n) is 17.8. The van der Waals surface area contributed by atoms with Crippen molar-refractivity contribution >= 4 is 40.0 Å². The first-order valence-corrected chi connectivity index (χ1v) is 11.6. The number of carbonyl (C=O) groups excluding carboxylic acids is 2. The molecular weight excluding hydrogens is 436 g/mol. The van der Waals surface area contributed by atoms with Gasteiger partial charge in [0.1, 0.15) is 22.1 Å². The van der Waals surface area contributed by atoms with Crippen LogP contribution in [0.5, 0.6) is 5.75 Å². The quantitative estimate of drug-likeness (QED) is 0.379. The Morgan fingerprint density at radius 1 is 1.16 bits per heavy atom. The van der Waals surface area contributed by atoms with E-state index < -0.39 is 5.97 Å². The van der Waals surface area contributed by atoms with Crippen molar-refractivity contribution in [3.63, 3.8) is 0 Å². The van der Waals surface area contributed by atoms with E-state index in [0.717, 1.165) is 30.1 Å². The van der Waals surface area contributed by atoms with Gasteiger partial charge >= 0.3 is 5.97 Å². The molecule has 0 fully saturated rings. The highest BCUT2D eigenvalue weighted by Crippen LogP contribution is 2.37. The van der Waals surface area contributed by atoms with Gasteiger partial charge in [-0.2, -0.15) is 0 Å². The molecule has 0 bridgehead atoms. The third-order valence-corrected chi connectivity index (χ3v) is 6.45. The molecular formula is C21H24N4O4S2. The molecule has 0 unspecified atom stereocenters. The number of benzene rings is 1. The summed E-state index contributed by atoms with van der Waals surface area (Å²) >= 11 is 2.60. The maximum absolute atomic E-state index is 12.6. The summed E-state index contributed by atoms with van der Waals surface area (Å²) in [7, 11) is 2.92. The number of anilines is 1. The van der Waals surface area contributed by atoms with Crippen LogP contribution in [0.25, 0.3) is 11.1 Å². The van der Waals surface area contributed by atoms with Gasteiger partial charge in [0.2, 0.25) is 5.91 Å². The van der Waals surface area contributed by atoms with Gasteiger partial charge in [0.15, 0.2) is 5.16 Å². The van der Waals surface area contributed by atoms with Crippen LogP contribution in [0.3, 0.4) is 0 Å². The molecule has 31 heavy (non-hydrogen) atoms. The lowest BCUT2D eigenvalue weighted by molar-refractivity contribution is -0.113. The predicted molar refractivity (Wildman–Crippen MR) is 122 cm³/mol. The van der Waals surface area contributed by atoms with Crippen molar-refractivity contribution in [2.24, 2.45) is 0 Å². The molecule has 10 heteroatoms. The summed E-state index contributed by atoms with van der Waals surface area (Å²) in [5.74, 6) is 1.02. The van der Waals surface area contributed by atoms with Gasteiger partial charge in [0.05, 0.1) is 20.0 Å². The molecule has 0 saturated carbocycles. The second kappa shape index (κ2) is 10.5. The molecule has 164 valence electrons. The Labute approximate surface area is 189 Å². The Bertz CT molecular complexity index is 1060. The number of aromatic nitrogens is 3. The van der Waals surface area contributed by atoms with Crippen molar-refractivity contribution < 1.29 is 19.1 Å². The van der Waals surface area contributed by atoms with Gasteiger partial charge in [-0.25, -0.2) is 4.79 Å². The van der Waals surface area contributed by atoms with E-state index in [4.69, 9.17) is 9.47 Å². The van der Waals surface area contributed by atoms with Crippen LogP contribution < -0.4 is 10.1 Å². The second-order valence-electron chi connectivity index (χ2n) is 6.41. The molecule has 0 aliphatic heterocycles. The second-order valence-corrected chi connectivity index (χ2v) is 8.23. The van der Waals surface area contributed by atoms with Gasteiger partial charge in [-0.05, 0) is 24.6 Å². The molecule has 0 atom stereocenters. The van der Waals surface area contributed by atoms with Crippen molar-refractivity contribution in [3.05, 3.63) is 41.0 Å². The van der Waals surface area contributed by atoms with Gasteiger partial charge in [-0.3, -0.25) is 4.79 Å². The zero-order chi connectivity index (χ0) is 22.4. The number of hydrogen-bond acceptors (Lipinski definition) is 8. The van der Waals surface area contributed by atoms with E-state index >= 15 is 0 Å². The van der Waals surface area contributed by atoms with Crippen molar-refractivity contribution in [1.29, 1.82) is 0 Å². The van der Waals surface area contributed by atoms with E-state index in [1.54, 1.807) is 7.11 Å². The highest BCUT2D eigenvalue weighted by Gasteiger charge is 2.23. The molecule has 0 radical (unpaired) electrons. The summed E-state index contributed by atoms with van der Waals surface area (Å²) in [5.41, 5.74) is 1.86. The topological polar surface area (TPSA) is 95.3 Å². The van der Waals surface area contributed by atoms with Crippen LogP contribution in [0.4, 0.5) is 5.00 Å². The number of hydrogen-bond donors (Lipinski definition) is 1. The number of ether oxygens (including phenoxy) is 2. The van der Waals surface area contributed by atoms with E-state index in [-0.39, 0.29) is 11.7 Å². The summed E-state index contributed by atoms with van der Waals surface area (Å²) < 4.78 is 12.1. The van der Waals surface area contributed by atoms with Gasteiger partial charge in [-0.15, -0.1) is 21.5 Å². The smallest absolute Gasteiger partial charge is 0.341 e. The first-order valence-electron chi connectivity index (χ1n) is 9.71. The van der Waals surface area contributed by atoms with Crippen molar-refractivity contribution in [1.82, 2.24) is 14.8 Å². The molecule has 1 N–H and O–H groups in total. The number of methoxy groups -OCH3 is 2. The minimum absolute atomic E-state index is 0.151. The Morgan fingerprint density at radius 3 is 2.52 bits per heavy atom. The first kappa shape index (κ1) is 22.8. The number of thiophene rings is 1. The standard InChI is InChI=1S/C21H24N4O4S2/c1-5-16-23-24-21(25(16)6-2)31-12-17(26)22-19-18(20(27)29-4)15(11-30-19)13-7-9-14(28-3)10-8-13/h7-11H,5-6,12H2,1-4H3,(H,22,26). The average Bonchev–Trinajstić information content (AvgIpc) is 3.40. The molecule has 8 nitrogen and oxygen atoms in total. The van der Waals surface area contributed by atoms with Crippen molar-refractivity contribution in [3.8, 4) is 16.9 Å². The van der Waals surface area contributed by atoms with E-state index in [1.807, 2.05) is 48.1 Å². The maximum atomic E-state index is 12.6. The van der Waals surface area contributed by atoms with Gasteiger partial charge in [0.25, 0.3) is 0 Å². The summed E-state index contributed by atoms with van der Waals surface area (Å²) in [6, 6.07) is 7.35. The molecule has 3 rings (SSSR count). The summed E-state index contributed by atoms with van der Waals surface area (Å²) in [5, 5.41) is 14.2. The van der Waals surface area contributed by atoms with E-state index in [0.29, 0.717) is 21.3 Å². The third kappa shape index (κ3) is 5.08. The number of nitrogens with zero attached hydrogens (tertiary/aromatic N) is 3. The Morgan fingerprint density at radius 2 is 1.90 bits per heavy atom. The lowest BCUT2D eigenvalue weighted by atomic mass is 10.0. The number of thioether (sulfide) groups is 1. The lowest BCUT2D eigenvalue weighted by Gasteiger charge is -2.09. The normalized spacial score (nSPS) is 10.7. The van der Waals surface area contributed by atoms with E-state index in [2.05, 4.69) is 15.5 Å². The van der Waals surface area contributed by atoms with E-state index in [9.17, 15) is 9.59 Å². The van der Waals surface area contributed by atoms with Crippen molar-refractivity contribution in [2.45, 2.75) is 32.0 Å². The fraction of sp³-hybridized carbons (Fsp3) is 0.333. The summed E-state index contributed by atoms with van der Waals surface area (Å²) in [6.45, 7) is 4.77. The highest BCUT2D eigenvalue weighted by molar-refractivity contribution is 7.99. The lowest BCUT2D eigenvalue weighted by Crippen LogP contribution is -2.16. The van der Waals surface area contributed by atoms with Crippen LogP contribution in [0.2, 0.25) is 0 Å². The molecule has 0 aliphatic carbocycles. The van der Waals surface area contributed by atoms with Crippen molar-refractivity contribution in [2.75, 3.05) is 25.3 Å². The largest absolute Gasteiger partial charge is 0.497 e. The Hall–Kier alpha value is -2.85. The SMILES string of the molecule is CCc1nnc(SCC(=O)Nc2scc(-c3ccc(OC)cc3)c2C(=O)OC)n1CC. The molecule has 2 heterocycles. The average molecular weight is 461 g/mol. The van der Waals surface area contributed by atoms with E-state index in [1.165, 1.54) is 30.2 Å². The van der Waals surface area contributed by atoms with Gasteiger partial charge in [-0.1, -0.05) is 30.8 Å². The Kier molecular flexibility index (Phi) is 7.69. The predicted octanol–water partition coefficient (Wildman–Crippen LogP) is 4.11. The molecule has 2 aromatic heterocycles. The molecule has 1 aromatic carbocycles. The van der Waals surface area contributed by atoms with Gasteiger partial charge < -0.3 is 19.4 Å². The van der Waals surface area contributed by atoms with Crippen LogP contribution >= 0.6 is 23.1 Å². The monoisotopic (exact) mass is 460 g/mol. The molecule has 1 amide bonds. The fourth-order valence-electron chi connectivity index (χ4n) is 3.04. The number of rotatable bonds is 9. The number of aryl methyl sites for hydroxylation is 1. The molecule has 3 aromatic rings. The molecule has 0 spiro atoms. The number of esters is 1. The maximum Gasteiger partial charge on any atom is 0.341 e. The minimum atomic E-state index is -0.506.